The molecule has 0 amide bonds. The van der Waals surface area contributed by atoms with Crippen molar-refractivity contribution in [3.63, 3.8) is 0 Å². The molecular formula is C27H38O3. The molecule has 164 valence electrons. The molecule has 3 rings (SSSR count). The molecule has 3 aliphatic carbocycles. The Bertz CT molecular complexity index is 826. The van der Waals surface area contributed by atoms with Gasteiger partial charge in [0.25, 0.3) is 0 Å². The number of hydrogen-bond acceptors (Lipinski definition) is 3. The topological polar surface area (TPSA) is 60.7 Å². The van der Waals surface area contributed by atoms with Crippen molar-refractivity contribution in [2.24, 2.45) is 17.3 Å². The van der Waals surface area contributed by atoms with E-state index in [9.17, 15) is 15.3 Å². The van der Waals surface area contributed by atoms with Gasteiger partial charge in [0.2, 0.25) is 0 Å². The Morgan fingerprint density at radius 2 is 2.07 bits per heavy atom. The molecule has 0 spiro atoms. The van der Waals surface area contributed by atoms with Gasteiger partial charge in [-0.3, -0.25) is 0 Å². The van der Waals surface area contributed by atoms with E-state index in [0.29, 0.717) is 24.7 Å². The van der Waals surface area contributed by atoms with Crippen molar-refractivity contribution in [2.45, 2.75) is 90.4 Å². The van der Waals surface area contributed by atoms with E-state index in [-0.39, 0.29) is 5.41 Å². The van der Waals surface area contributed by atoms with Gasteiger partial charge in [-0.2, -0.15) is 0 Å². The highest BCUT2D eigenvalue weighted by molar-refractivity contribution is 5.40. The highest BCUT2D eigenvalue weighted by atomic mass is 16.3. The molecule has 0 bridgehead atoms. The first-order valence-electron chi connectivity index (χ1n) is 11.4. The first-order chi connectivity index (χ1) is 14.0. The van der Waals surface area contributed by atoms with Crippen LogP contribution in [0.25, 0.3) is 0 Å². The highest BCUT2D eigenvalue weighted by Crippen LogP contribution is 2.56. The number of allylic oxidation sites excluding steroid dienone is 5. The van der Waals surface area contributed by atoms with Crippen molar-refractivity contribution in [3.8, 4) is 11.8 Å². The fraction of sp³-hybridized carbons (Fsp3) is 0.630. The molecule has 2 saturated carbocycles. The summed E-state index contributed by atoms with van der Waals surface area (Å²) in [4.78, 5) is 0. The van der Waals surface area contributed by atoms with Crippen LogP contribution in [0.15, 0.2) is 47.1 Å². The zero-order valence-electron chi connectivity index (χ0n) is 19.0. The summed E-state index contributed by atoms with van der Waals surface area (Å²) in [6.45, 7) is 12.1. The molecule has 0 saturated heterocycles. The van der Waals surface area contributed by atoms with Crippen LogP contribution in [-0.2, 0) is 0 Å². The normalized spacial score (nSPS) is 35.6. The third-order valence-electron chi connectivity index (χ3n) is 7.21. The summed E-state index contributed by atoms with van der Waals surface area (Å²) in [7, 11) is 0. The van der Waals surface area contributed by atoms with E-state index in [1.165, 1.54) is 24.0 Å². The quantitative estimate of drug-likeness (QED) is 0.460. The molecule has 0 aromatic carbocycles. The largest absolute Gasteiger partial charge is 0.393 e. The molecule has 30 heavy (non-hydrogen) atoms. The minimum Gasteiger partial charge on any atom is -0.393 e. The third-order valence-corrected chi connectivity index (χ3v) is 7.21. The molecule has 0 unspecified atom stereocenters. The molecule has 0 radical (unpaired) electrons. The van der Waals surface area contributed by atoms with Crippen LogP contribution in [-0.4, -0.2) is 33.1 Å². The van der Waals surface area contributed by atoms with E-state index in [2.05, 4.69) is 50.5 Å². The Labute approximate surface area is 182 Å². The van der Waals surface area contributed by atoms with Gasteiger partial charge in [0.05, 0.1) is 12.2 Å². The molecule has 0 aromatic heterocycles. The maximum absolute atomic E-state index is 10.1. The molecular weight excluding hydrogens is 372 g/mol. The molecule has 3 aliphatic rings. The first-order valence-corrected chi connectivity index (χ1v) is 11.4. The number of fused-ring (bicyclic) bond motifs is 1. The molecule has 5 atom stereocenters. The van der Waals surface area contributed by atoms with Crippen molar-refractivity contribution in [2.75, 3.05) is 0 Å². The van der Waals surface area contributed by atoms with Crippen LogP contribution >= 0.6 is 0 Å². The average Bonchev–Trinajstić information content (AvgIpc) is 3.00. The lowest BCUT2D eigenvalue weighted by molar-refractivity contribution is 0.0862. The van der Waals surface area contributed by atoms with Crippen molar-refractivity contribution < 1.29 is 15.3 Å². The number of aliphatic hydroxyl groups is 3. The van der Waals surface area contributed by atoms with Gasteiger partial charge in [0.1, 0.15) is 5.60 Å². The van der Waals surface area contributed by atoms with Gasteiger partial charge in [-0.1, -0.05) is 61.6 Å². The predicted octanol–water partition coefficient (Wildman–Crippen LogP) is 4.85. The first kappa shape index (κ1) is 23.1. The monoisotopic (exact) mass is 410 g/mol. The third kappa shape index (κ3) is 4.99. The minimum atomic E-state index is -0.936. The van der Waals surface area contributed by atoms with Crippen molar-refractivity contribution in [1.82, 2.24) is 0 Å². The van der Waals surface area contributed by atoms with Crippen LogP contribution in [0, 0.1) is 29.1 Å². The Morgan fingerprint density at radius 3 is 2.77 bits per heavy atom. The summed E-state index contributed by atoms with van der Waals surface area (Å²) in [6, 6.07) is 0. The summed E-state index contributed by atoms with van der Waals surface area (Å²) in [5.74, 6) is 7.03. The zero-order valence-corrected chi connectivity index (χ0v) is 19.0. The van der Waals surface area contributed by atoms with Gasteiger partial charge in [-0.05, 0) is 74.3 Å². The van der Waals surface area contributed by atoms with Crippen LogP contribution < -0.4 is 0 Å². The van der Waals surface area contributed by atoms with Gasteiger partial charge in [-0.15, -0.1) is 0 Å². The number of rotatable bonds is 3. The van der Waals surface area contributed by atoms with Gasteiger partial charge < -0.3 is 15.3 Å². The Balaban J connectivity index is 1.76. The lowest BCUT2D eigenvalue weighted by Crippen LogP contribution is -2.32. The van der Waals surface area contributed by atoms with Gasteiger partial charge in [-0.25, -0.2) is 0 Å². The van der Waals surface area contributed by atoms with E-state index in [4.69, 9.17) is 0 Å². The average molecular weight is 411 g/mol. The Morgan fingerprint density at radius 1 is 1.33 bits per heavy atom. The second kappa shape index (κ2) is 8.87. The SMILES string of the molecule is C=C1/C(=C\C=C2\CCC[C@]3(C)C([C@@H](C)CC#CC(C)(C)O)=CC[C@@H]23)C[C@H](O)C[C@@H]1O. The molecule has 0 aliphatic heterocycles. The van der Waals surface area contributed by atoms with E-state index in [0.717, 1.165) is 30.4 Å². The number of aliphatic hydroxyl groups excluding tert-OH is 2. The van der Waals surface area contributed by atoms with E-state index >= 15 is 0 Å². The maximum atomic E-state index is 10.1. The fourth-order valence-electron chi connectivity index (χ4n) is 5.61. The predicted molar refractivity (Wildman–Crippen MR) is 123 cm³/mol. The van der Waals surface area contributed by atoms with Crippen molar-refractivity contribution in [1.29, 1.82) is 0 Å². The van der Waals surface area contributed by atoms with E-state index in [1.807, 2.05) is 0 Å². The van der Waals surface area contributed by atoms with E-state index in [1.54, 1.807) is 13.8 Å². The molecule has 2 fully saturated rings. The molecule has 3 heteroatoms. The summed E-state index contributed by atoms with van der Waals surface area (Å²) in [6.07, 6.45) is 11.9. The minimum absolute atomic E-state index is 0.168. The van der Waals surface area contributed by atoms with Crippen molar-refractivity contribution >= 4 is 0 Å². The lowest BCUT2D eigenvalue weighted by Gasteiger charge is -2.42. The highest BCUT2D eigenvalue weighted by Gasteiger charge is 2.45. The summed E-state index contributed by atoms with van der Waals surface area (Å²) >= 11 is 0. The Hall–Kier alpha value is -1.60. The van der Waals surface area contributed by atoms with Crippen LogP contribution in [0.1, 0.15) is 72.6 Å². The van der Waals surface area contributed by atoms with E-state index < -0.39 is 17.8 Å². The summed E-state index contributed by atoms with van der Waals surface area (Å²) < 4.78 is 0. The molecule has 0 heterocycles. The van der Waals surface area contributed by atoms with Gasteiger partial charge >= 0.3 is 0 Å². The molecule has 3 nitrogen and oxygen atoms in total. The maximum Gasteiger partial charge on any atom is 0.119 e. The van der Waals surface area contributed by atoms with Gasteiger partial charge in [0, 0.05) is 12.8 Å². The number of hydrogen-bond donors (Lipinski definition) is 3. The second-order valence-corrected chi connectivity index (χ2v) is 10.3. The van der Waals surface area contributed by atoms with Crippen LogP contribution in [0.2, 0.25) is 0 Å². The zero-order chi connectivity index (χ0) is 22.1. The van der Waals surface area contributed by atoms with Crippen LogP contribution in [0.5, 0.6) is 0 Å². The Kier molecular flexibility index (Phi) is 6.82. The lowest BCUT2D eigenvalue weighted by atomic mass is 9.62. The summed E-state index contributed by atoms with van der Waals surface area (Å²) in [5.41, 5.74) is 3.95. The van der Waals surface area contributed by atoms with Crippen molar-refractivity contribution in [3.05, 3.63) is 47.1 Å². The molecule has 3 N–H and O–H groups in total. The van der Waals surface area contributed by atoms with Crippen LogP contribution in [0.4, 0.5) is 0 Å². The van der Waals surface area contributed by atoms with Crippen LogP contribution in [0.3, 0.4) is 0 Å². The van der Waals surface area contributed by atoms with Gasteiger partial charge in [0.15, 0.2) is 0 Å². The smallest absolute Gasteiger partial charge is 0.119 e. The summed E-state index contributed by atoms with van der Waals surface area (Å²) in [5, 5.41) is 30.0. The standard InChI is InChI=1S/C27H38O3/c1-18(8-6-14-26(3,4)30)23-12-13-24-20(9-7-15-27(23,24)5)10-11-21-16-22(28)17-25(29)19(21)2/h10-12,18,22,24-25,28-30H,2,7-9,13,15-17H2,1,3-5H3/b20-10-,21-11-/t18-,22-,24-,25-,27+/m0/s1. The molecule has 0 aromatic rings. The second-order valence-electron chi connectivity index (χ2n) is 10.3. The fourth-order valence-corrected chi connectivity index (χ4v) is 5.61.